The first kappa shape index (κ1) is 17.8. The third-order valence-electron chi connectivity index (χ3n) is 4.75. The van der Waals surface area contributed by atoms with Crippen LogP contribution < -0.4 is 5.32 Å². The summed E-state index contributed by atoms with van der Waals surface area (Å²) in [6.07, 6.45) is 1.95. The molecular formula is C18H24FN5S. The fraction of sp³-hybridized carbons (Fsp3) is 0.444. The Morgan fingerprint density at radius 1 is 1.20 bits per heavy atom. The van der Waals surface area contributed by atoms with Crippen LogP contribution in [0.15, 0.2) is 30.5 Å². The van der Waals surface area contributed by atoms with Crippen LogP contribution in [0.25, 0.3) is 0 Å². The first-order valence-corrected chi connectivity index (χ1v) is 8.91. The van der Waals surface area contributed by atoms with E-state index in [-0.39, 0.29) is 5.82 Å². The summed E-state index contributed by atoms with van der Waals surface area (Å²) in [6.45, 7) is 7.44. The quantitative estimate of drug-likeness (QED) is 0.844. The van der Waals surface area contributed by atoms with Gasteiger partial charge in [0, 0.05) is 57.6 Å². The van der Waals surface area contributed by atoms with E-state index in [0.717, 1.165) is 43.4 Å². The molecule has 0 aliphatic carbocycles. The lowest BCUT2D eigenvalue weighted by molar-refractivity contribution is 0.174. The lowest BCUT2D eigenvalue weighted by Gasteiger charge is -2.36. The molecule has 1 aliphatic heterocycles. The van der Waals surface area contributed by atoms with Crippen molar-refractivity contribution >= 4 is 17.3 Å². The Kier molecular flexibility index (Phi) is 5.65. The maximum atomic E-state index is 12.9. The Balaban J connectivity index is 1.44. The van der Waals surface area contributed by atoms with Crippen LogP contribution in [0.1, 0.15) is 16.8 Å². The minimum atomic E-state index is -0.216. The lowest BCUT2D eigenvalue weighted by atomic mass is 10.2. The summed E-state index contributed by atoms with van der Waals surface area (Å²) in [4.78, 5) is 4.63. The summed E-state index contributed by atoms with van der Waals surface area (Å²) in [6, 6.07) is 6.50. The highest BCUT2D eigenvalue weighted by Crippen LogP contribution is 2.12. The molecule has 0 radical (unpaired) electrons. The molecule has 2 heterocycles. The standard InChI is InChI=1S/C18H24FN5S/c1-14-16(12-21-22(14)2)13-23-7-9-24(10-8-23)18(25)20-11-15-3-5-17(19)6-4-15/h3-6,12H,7-11,13H2,1-2H3,(H,20,25). The van der Waals surface area contributed by atoms with E-state index in [0.29, 0.717) is 6.54 Å². The molecule has 1 fully saturated rings. The van der Waals surface area contributed by atoms with Gasteiger partial charge in [0.05, 0.1) is 6.20 Å². The molecule has 0 spiro atoms. The zero-order valence-electron chi connectivity index (χ0n) is 14.7. The van der Waals surface area contributed by atoms with E-state index in [1.165, 1.54) is 23.4 Å². The Morgan fingerprint density at radius 2 is 1.88 bits per heavy atom. The van der Waals surface area contributed by atoms with Crippen molar-refractivity contribution in [2.75, 3.05) is 26.2 Å². The van der Waals surface area contributed by atoms with Crippen LogP contribution in [0, 0.1) is 12.7 Å². The third kappa shape index (κ3) is 4.55. The number of benzene rings is 1. The molecule has 0 bridgehead atoms. The van der Waals surface area contributed by atoms with E-state index in [9.17, 15) is 4.39 Å². The van der Waals surface area contributed by atoms with Gasteiger partial charge in [-0.25, -0.2) is 4.39 Å². The molecule has 0 unspecified atom stereocenters. The molecular weight excluding hydrogens is 337 g/mol. The predicted molar refractivity (Wildman–Crippen MR) is 101 cm³/mol. The zero-order chi connectivity index (χ0) is 17.8. The van der Waals surface area contributed by atoms with Gasteiger partial charge in [-0.2, -0.15) is 5.10 Å². The molecule has 1 aromatic carbocycles. The summed E-state index contributed by atoms with van der Waals surface area (Å²) in [5, 5.41) is 8.34. The number of nitrogens with zero attached hydrogens (tertiary/aromatic N) is 4. The first-order chi connectivity index (χ1) is 12.0. The molecule has 134 valence electrons. The normalized spacial score (nSPS) is 15.4. The molecule has 25 heavy (non-hydrogen) atoms. The number of nitrogens with one attached hydrogen (secondary N) is 1. The molecule has 1 aliphatic rings. The van der Waals surface area contributed by atoms with Gasteiger partial charge in [0.1, 0.15) is 5.82 Å². The highest BCUT2D eigenvalue weighted by molar-refractivity contribution is 7.80. The van der Waals surface area contributed by atoms with Gasteiger partial charge in [0.25, 0.3) is 0 Å². The van der Waals surface area contributed by atoms with E-state index in [1.54, 1.807) is 12.1 Å². The molecule has 1 N–H and O–H groups in total. The topological polar surface area (TPSA) is 36.3 Å². The SMILES string of the molecule is Cc1c(CN2CCN(C(=S)NCc3ccc(F)cc3)CC2)cnn1C. The number of aryl methyl sites for hydroxylation is 1. The first-order valence-electron chi connectivity index (χ1n) is 8.50. The van der Waals surface area contributed by atoms with Crippen LogP contribution in [0.4, 0.5) is 4.39 Å². The van der Waals surface area contributed by atoms with Crippen LogP contribution in [0.5, 0.6) is 0 Å². The monoisotopic (exact) mass is 361 g/mol. The van der Waals surface area contributed by atoms with E-state index >= 15 is 0 Å². The van der Waals surface area contributed by atoms with Gasteiger partial charge in [0.2, 0.25) is 0 Å². The number of hydrogen-bond donors (Lipinski definition) is 1. The van der Waals surface area contributed by atoms with Crippen molar-refractivity contribution in [1.82, 2.24) is 24.9 Å². The summed E-state index contributed by atoms with van der Waals surface area (Å²) < 4.78 is 14.8. The van der Waals surface area contributed by atoms with Crippen molar-refractivity contribution in [3.05, 3.63) is 53.1 Å². The summed E-state index contributed by atoms with van der Waals surface area (Å²) in [5.74, 6) is -0.216. The van der Waals surface area contributed by atoms with E-state index < -0.39 is 0 Å². The van der Waals surface area contributed by atoms with Gasteiger partial charge in [-0.05, 0) is 36.8 Å². The highest BCUT2D eigenvalue weighted by Gasteiger charge is 2.20. The number of piperazine rings is 1. The van der Waals surface area contributed by atoms with Gasteiger partial charge in [-0.1, -0.05) is 12.1 Å². The summed E-state index contributed by atoms with van der Waals surface area (Å²) in [5.41, 5.74) is 3.53. The highest BCUT2D eigenvalue weighted by atomic mass is 32.1. The van der Waals surface area contributed by atoms with Gasteiger partial charge in [-0.15, -0.1) is 0 Å². The van der Waals surface area contributed by atoms with Crippen LogP contribution in [0.2, 0.25) is 0 Å². The average molecular weight is 361 g/mol. The number of hydrogen-bond acceptors (Lipinski definition) is 3. The molecule has 2 aromatic rings. The fourth-order valence-electron chi connectivity index (χ4n) is 2.94. The van der Waals surface area contributed by atoms with Gasteiger partial charge < -0.3 is 10.2 Å². The number of aromatic nitrogens is 2. The lowest BCUT2D eigenvalue weighted by Crippen LogP contribution is -2.51. The van der Waals surface area contributed by atoms with E-state index in [1.807, 2.05) is 17.9 Å². The van der Waals surface area contributed by atoms with Crippen LogP contribution in [-0.4, -0.2) is 50.9 Å². The number of rotatable bonds is 4. The maximum Gasteiger partial charge on any atom is 0.169 e. The zero-order valence-corrected chi connectivity index (χ0v) is 15.5. The van der Waals surface area contributed by atoms with E-state index in [2.05, 4.69) is 27.1 Å². The largest absolute Gasteiger partial charge is 0.358 e. The Hall–Kier alpha value is -1.99. The van der Waals surface area contributed by atoms with Crippen molar-refractivity contribution in [2.24, 2.45) is 7.05 Å². The molecule has 5 nitrogen and oxygen atoms in total. The minimum absolute atomic E-state index is 0.216. The second kappa shape index (κ2) is 7.93. The second-order valence-corrected chi connectivity index (χ2v) is 6.81. The van der Waals surface area contributed by atoms with Crippen molar-refractivity contribution in [3.63, 3.8) is 0 Å². The van der Waals surface area contributed by atoms with Crippen molar-refractivity contribution in [3.8, 4) is 0 Å². The smallest absolute Gasteiger partial charge is 0.169 e. The van der Waals surface area contributed by atoms with Gasteiger partial charge >= 0.3 is 0 Å². The Morgan fingerprint density at radius 3 is 2.48 bits per heavy atom. The predicted octanol–water partition coefficient (Wildman–Crippen LogP) is 2.06. The van der Waals surface area contributed by atoms with Crippen LogP contribution >= 0.6 is 12.2 Å². The van der Waals surface area contributed by atoms with Crippen LogP contribution in [-0.2, 0) is 20.1 Å². The minimum Gasteiger partial charge on any atom is -0.358 e. The Labute approximate surface area is 153 Å². The molecule has 1 saturated heterocycles. The maximum absolute atomic E-state index is 12.9. The molecule has 1 aromatic heterocycles. The molecule has 0 saturated carbocycles. The summed E-state index contributed by atoms with van der Waals surface area (Å²) >= 11 is 5.50. The molecule has 0 amide bonds. The second-order valence-electron chi connectivity index (χ2n) is 6.43. The molecule has 0 atom stereocenters. The average Bonchev–Trinajstić information content (AvgIpc) is 2.94. The fourth-order valence-corrected chi connectivity index (χ4v) is 3.20. The van der Waals surface area contributed by atoms with Crippen molar-refractivity contribution in [2.45, 2.75) is 20.0 Å². The number of halogens is 1. The van der Waals surface area contributed by atoms with E-state index in [4.69, 9.17) is 12.2 Å². The van der Waals surface area contributed by atoms with Crippen molar-refractivity contribution in [1.29, 1.82) is 0 Å². The summed E-state index contributed by atoms with van der Waals surface area (Å²) in [7, 11) is 1.97. The van der Waals surface area contributed by atoms with Crippen LogP contribution in [0.3, 0.4) is 0 Å². The number of thiocarbonyl (C=S) groups is 1. The Bertz CT molecular complexity index is 720. The molecule has 3 rings (SSSR count). The van der Waals surface area contributed by atoms with Crippen molar-refractivity contribution < 1.29 is 4.39 Å². The van der Waals surface area contributed by atoms with Gasteiger partial charge in [0.15, 0.2) is 5.11 Å². The third-order valence-corrected chi connectivity index (χ3v) is 5.15. The molecule has 7 heteroatoms. The van der Waals surface area contributed by atoms with Gasteiger partial charge in [-0.3, -0.25) is 9.58 Å².